The van der Waals surface area contributed by atoms with Crippen LogP contribution in [0.15, 0.2) is 24.4 Å². The van der Waals surface area contributed by atoms with Gasteiger partial charge in [0.25, 0.3) is 5.91 Å². The lowest BCUT2D eigenvalue weighted by Gasteiger charge is -2.12. The zero-order chi connectivity index (χ0) is 14.7. The predicted octanol–water partition coefficient (Wildman–Crippen LogP) is 2.01. The van der Waals surface area contributed by atoms with Gasteiger partial charge in [0, 0.05) is 43.1 Å². The molecule has 20 heavy (non-hydrogen) atoms. The molecule has 0 spiro atoms. The molecule has 0 aliphatic rings. The van der Waals surface area contributed by atoms with E-state index >= 15 is 0 Å². The lowest BCUT2D eigenvalue weighted by Crippen LogP contribution is -2.19. The third-order valence-electron chi connectivity index (χ3n) is 3.61. The van der Waals surface area contributed by atoms with Gasteiger partial charge in [-0.05, 0) is 31.5 Å². The second-order valence-corrected chi connectivity index (χ2v) is 4.79. The van der Waals surface area contributed by atoms with Crippen molar-refractivity contribution < 1.29 is 4.79 Å². The molecule has 1 amide bonds. The Kier molecular flexibility index (Phi) is 4.08. The number of hydrogen-bond acceptors (Lipinski definition) is 3. The van der Waals surface area contributed by atoms with Crippen LogP contribution < -0.4 is 10.6 Å². The highest BCUT2D eigenvalue weighted by atomic mass is 16.1. The SMILES string of the molecule is CNC(=O)c1cccc(NCc2cnn(C)c2C)c1C. The topological polar surface area (TPSA) is 59.0 Å². The van der Waals surface area contributed by atoms with Crippen molar-refractivity contribution in [3.63, 3.8) is 0 Å². The third-order valence-corrected chi connectivity index (χ3v) is 3.61. The first kappa shape index (κ1) is 14.1. The highest BCUT2D eigenvalue weighted by molar-refractivity contribution is 5.96. The fourth-order valence-electron chi connectivity index (χ4n) is 2.12. The van der Waals surface area contributed by atoms with Crippen LogP contribution in [-0.4, -0.2) is 22.7 Å². The van der Waals surface area contributed by atoms with Gasteiger partial charge in [0.15, 0.2) is 0 Å². The van der Waals surface area contributed by atoms with Gasteiger partial charge in [-0.25, -0.2) is 0 Å². The maximum atomic E-state index is 11.8. The molecule has 0 unspecified atom stereocenters. The molecule has 2 aromatic rings. The van der Waals surface area contributed by atoms with Crippen molar-refractivity contribution >= 4 is 11.6 Å². The Morgan fingerprint density at radius 2 is 2.10 bits per heavy atom. The van der Waals surface area contributed by atoms with Gasteiger partial charge < -0.3 is 10.6 Å². The summed E-state index contributed by atoms with van der Waals surface area (Å²) in [6.07, 6.45) is 1.86. The average Bonchev–Trinajstić information content (AvgIpc) is 2.77. The van der Waals surface area contributed by atoms with Crippen LogP contribution in [0.25, 0.3) is 0 Å². The first-order valence-electron chi connectivity index (χ1n) is 6.57. The van der Waals surface area contributed by atoms with Crippen molar-refractivity contribution in [2.45, 2.75) is 20.4 Å². The minimum absolute atomic E-state index is 0.0660. The van der Waals surface area contributed by atoms with E-state index in [1.165, 1.54) is 0 Å². The number of carbonyl (C=O) groups is 1. The summed E-state index contributed by atoms with van der Waals surface area (Å²) >= 11 is 0. The highest BCUT2D eigenvalue weighted by Crippen LogP contribution is 2.20. The quantitative estimate of drug-likeness (QED) is 0.895. The fraction of sp³-hybridized carbons (Fsp3) is 0.333. The summed E-state index contributed by atoms with van der Waals surface area (Å²) in [5.74, 6) is -0.0660. The molecule has 0 radical (unpaired) electrons. The van der Waals surface area contributed by atoms with E-state index in [4.69, 9.17) is 0 Å². The van der Waals surface area contributed by atoms with Gasteiger partial charge in [-0.15, -0.1) is 0 Å². The van der Waals surface area contributed by atoms with E-state index < -0.39 is 0 Å². The molecular weight excluding hydrogens is 252 g/mol. The summed E-state index contributed by atoms with van der Waals surface area (Å²) in [4.78, 5) is 11.8. The lowest BCUT2D eigenvalue weighted by molar-refractivity contribution is 0.0962. The minimum atomic E-state index is -0.0660. The molecule has 5 heteroatoms. The van der Waals surface area contributed by atoms with Gasteiger partial charge in [-0.1, -0.05) is 6.07 Å². The Hall–Kier alpha value is -2.30. The summed E-state index contributed by atoms with van der Waals surface area (Å²) in [6.45, 7) is 4.68. The summed E-state index contributed by atoms with van der Waals surface area (Å²) in [6, 6.07) is 5.69. The molecular formula is C15H20N4O. The largest absolute Gasteiger partial charge is 0.381 e. The maximum absolute atomic E-state index is 11.8. The Labute approximate surface area is 119 Å². The van der Waals surface area contributed by atoms with Crippen LogP contribution in [0, 0.1) is 13.8 Å². The molecule has 0 fully saturated rings. The second kappa shape index (κ2) is 5.77. The summed E-state index contributed by atoms with van der Waals surface area (Å²) in [7, 11) is 3.57. The van der Waals surface area contributed by atoms with E-state index in [0.717, 1.165) is 22.5 Å². The summed E-state index contributed by atoms with van der Waals surface area (Å²) in [5.41, 5.74) is 4.90. The molecule has 2 rings (SSSR count). The van der Waals surface area contributed by atoms with Gasteiger partial charge in [-0.2, -0.15) is 5.10 Å². The molecule has 106 valence electrons. The molecule has 0 atom stereocenters. The molecule has 0 bridgehead atoms. The Morgan fingerprint density at radius 1 is 1.35 bits per heavy atom. The normalized spacial score (nSPS) is 10.4. The van der Waals surface area contributed by atoms with Crippen LogP contribution in [-0.2, 0) is 13.6 Å². The number of aromatic nitrogens is 2. The van der Waals surface area contributed by atoms with Gasteiger partial charge in [0.05, 0.1) is 6.20 Å². The zero-order valence-electron chi connectivity index (χ0n) is 12.3. The standard InChI is InChI=1S/C15H20N4O/c1-10-13(15(20)16-3)6-5-7-14(10)17-8-12-9-18-19(4)11(12)2/h5-7,9,17H,8H2,1-4H3,(H,16,20). The number of nitrogens with one attached hydrogen (secondary N) is 2. The van der Waals surface area contributed by atoms with Gasteiger partial charge in [0.1, 0.15) is 0 Å². The van der Waals surface area contributed by atoms with Gasteiger partial charge >= 0.3 is 0 Å². The third kappa shape index (κ3) is 2.66. The summed E-state index contributed by atoms with van der Waals surface area (Å²) in [5, 5.41) is 10.2. The van der Waals surface area contributed by atoms with Crippen molar-refractivity contribution in [3.05, 3.63) is 46.8 Å². The lowest BCUT2D eigenvalue weighted by atomic mass is 10.1. The molecule has 1 aromatic heterocycles. The number of rotatable bonds is 4. The number of amides is 1. The minimum Gasteiger partial charge on any atom is -0.381 e. The molecule has 2 N–H and O–H groups in total. The van der Waals surface area contributed by atoms with Crippen LogP contribution in [0.2, 0.25) is 0 Å². The molecule has 1 aromatic carbocycles. The Morgan fingerprint density at radius 3 is 2.70 bits per heavy atom. The molecule has 1 heterocycles. The van der Waals surface area contributed by atoms with Crippen LogP contribution in [0.5, 0.6) is 0 Å². The Balaban J connectivity index is 2.18. The van der Waals surface area contributed by atoms with Crippen molar-refractivity contribution in [2.24, 2.45) is 7.05 Å². The number of benzene rings is 1. The van der Waals surface area contributed by atoms with E-state index in [0.29, 0.717) is 12.1 Å². The Bertz CT molecular complexity index is 631. The van der Waals surface area contributed by atoms with Crippen molar-refractivity contribution in [1.29, 1.82) is 0 Å². The molecule has 0 saturated heterocycles. The van der Waals surface area contributed by atoms with Crippen molar-refractivity contribution in [2.75, 3.05) is 12.4 Å². The molecule has 5 nitrogen and oxygen atoms in total. The average molecular weight is 272 g/mol. The predicted molar refractivity (Wildman–Crippen MR) is 79.8 cm³/mol. The highest BCUT2D eigenvalue weighted by Gasteiger charge is 2.10. The number of nitrogens with zero attached hydrogens (tertiary/aromatic N) is 2. The van der Waals surface area contributed by atoms with E-state index in [9.17, 15) is 4.79 Å². The zero-order valence-corrected chi connectivity index (χ0v) is 12.3. The van der Waals surface area contributed by atoms with Gasteiger partial charge in [-0.3, -0.25) is 9.48 Å². The number of carbonyl (C=O) groups excluding carboxylic acids is 1. The number of aryl methyl sites for hydroxylation is 1. The molecule has 0 saturated carbocycles. The second-order valence-electron chi connectivity index (χ2n) is 4.79. The summed E-state index contributed by atoms with van der Waals surface area (Å²) < 4.78 is 1.85. The molecule has 0 aliphatic heterocycles. The van der Waals surface area contributed by atoms with E-state index in [1.54, 1.807) is 7.05 Å². The van der Waals surface area contributed by atoms with Crippen molar-refractivity contribution in [1.82, 2.24) is 15.1 Å². The smallest absolute Gasteiger partial charge is 0.251 e. The first-order valence-corrected chi connectivity index (χ1v) is 6.57. The van der Waals surface area contributed by atoms with Crippen LogP contribution in [0.3, 0.4) is 0 Å². The van der Waals surface area contributed by atoms with Gasteiger partial charge in [0.2, 0.25) is 0 Å². The number of hydrogen-bond donors (Lipinski definition) is 2. The number of anilines is 1. The monoisotopic (exact) mass is 272 g/mol. The van der Waals surface area contributed by atoms with E-state index in [2.05, 4.69) is 15.7 Å². The van der Waals surface area contributed by atoms with Crippen LogP contribution in [0.1, 0.15) is 27.2 Å². The van der Waals surface area contributed by atoms with Crippen LogP contribution in [0.4, 0.5) is 5.69 Å². The van der Waals surface area contributed by atoms with Crippen LogP contribution >= 0.6 is 0 Å². The van der Waals surface area contributed by atoms with E-state index in [-0.39, 0.29) is 5.91 Å². The van der Waals surface area contributed by atoms with Crippen molar-refractivity contribution in [3.8, 4) is 0 Å². The fourth-order valence-corrected chi connectivity index (χ4v) is 2.12. The maximum Gasteiger partial charge on any atom is 0.251 e. The molecule has 0 aliphatic carbocycles. The first-order chi connectivity index (χ1) is 9.54. The van der Waals surface area contributed by atoms with E-state index in [1.807, 2.05) is 50.0 Å².